The summed E-state index contributed by atoms with van der Waals surface area (Å²) in [5, 5.41) is 0. The molecule has 162 valence electrons. The minimum Gasteiger partial charge on any atom is -0.497 e. The van der Waals surface area contributed by atoms with E-state index in [2.05, 4.69) is 15.9 Å². The van der Waals surface area contributed by atoms with Crippen molar-refractivity contribution in [3.63, 3.8) is 0 Å². The molecule has 31 heavy (non-hydrogen) atoms. The molecule has 0 radical (unpaired) electrons. The SMILES string of the molecule is COC(=O)c1cc(OCc2ccc(OC)cc2)c(Br)c(OCc2ccc(OC)cc2)c1. The van der Waals surface area contributed by atoms with E-state index in [4.69, 9.17) is 23.7 Å². The minimum atomic E-state index is -0.476. The summed E-state index contributed by atoms with van der Waals surface area (Å²) in [5.41, 5.74) is 2.24. The second-order valence-corrected chi connectivity index (χ2v) is 7.34. The first-order chi connectivity index (χ1) is 15.0. The van der Waals surface area contributed by atoms with E-state index in [-0.39, 0.29) is 0 Å². The molecule has 0 heterocycles. The summed E-state index contributed by atoms with van der Waals surface area (Å²) in [5.74, 6) is 2.02. The number of rotatable bonds is 9. The Kier molecular flexibility index (Phi) is 7.78. The molecule has 3 rings (SSSR count). The summed E-state index contributed by atoms with van der Waals surface area (Å²) < 4.78 is 27.8. The fraction of sp³-hybridized carbons (Fsp3) is 0.208. The number of carbonyl (C=O) groups excluding carboxylic acids is 1. The number of benzene rings is 3. The quantitative estimate of drug-likeness (QED) is 0.376. The van der Waals surface area contributed by atoms with Crippen molar-refractivity contribution in [3.05, 3.63) is 81.8 Å². The van der Waals surface area contributed by atoms with Gasteiger partial charge in [0.25, 0.3) is 0 Å². The van der Waals surface area contributed by atoms with Gasteiger partial charge in [-0.25, -0.2) is 4.79 Å². The van der Waals surface area contributed by atoms with Gasteiger partial charge in [0.05, 0.1) is 26.9 Å². The highest BCUT2D eigenvalue weighted by atomic mass is 79.9. The highest BCUT2D eigenvalue weighted by Crippen LogP contribution is 2.37. The van der Waals surface area contributed by atoms with Gasteiger partial charge < -0.3 is 23.7 Å². The van der Waals surface area contributed by atoms with Crippen LogP contribution in [-0.2, 0) is 18.0 Å². The lowest BCUT2D eigenvalue weighted by Gasteiger charge is -2.15. The summed E-state index contributed by atoms with van der Waals surface area (Å²) in [6, 6.07) is 18.4. The van der Waals surface area contributed by atoms with Gasteiger partial charge in [-0.05, 0) is 63.5 Å². The van der Waals surface area contributed by atoms with Crippen LogP contribution in [0.3, 0.4) is 0 Å². The molecule has 6 nitrogen and oxygen atoms in total. The molecule has 0 aliphatic carbocycles. The van der Waals surface area contributed by atoms with Crippen molar-refractivity contribution in [1.29, 1.82) is 0 Å². The lowest BCUT2D eigenvalue weighted by Crippen LogP contribution is -2.05. The lowest BCUT2D eigenvalue weighted by atomic mass is 10.2. The molecule has 0 unspecified atom stereocenters. The normalized spacial score (nSPS) is 10.3. The standard InChI is InChI=1S/C24H23BrO6/c1-27-19-8-4-16(5-9-19)14-30-21-12-18(24(26)29-3)13-22(23(21)25)31-15-17-6-10-20(28-2)11-7-17/h4-13H,14-15H2,1-3H3. The second kappa shape index (κ2) is 10.7. The monoisotopic (exact) mass is 486 g/mol. The fourth-order valence-corrected chi connectivity index (χ4v) is 3.24. The highest BCUT2D eigenvalue weighted by molar-refractivity contribution is 9.10. The number of methoxy groups -OCH3 is 3. The smallest absolute Gasteiger partial charge is 0.338 e. The van der Waals surface area contributed by atoms with Crippen LogP contribution < -0.4 is 18.9 Å². The van der Waals surface area contributed by atoms with Crippen LogP contribution in [0.2, 0.25) is 0 Å². The van der Waals surface area contributed by atoms with Crippen molar-refractivity contribution in [2.75, 3.05) is 21.3 Å². The van der Waals surface area contributed by atoms with Crippen molar-refractivity contribution in [3.8, 4) is 23.0 Å². The molecule has 0 aliphatic rings. The number of esters is 1. The van der Waals surface area contributed by atoms with Gasteiger partial charge in [-0.3, -0.25) is 0 Å². The van der Waals surface area contributed by atoms with Gasteiger partial charge in [0.1, 0.15) is 40.7 Å². The van der Waals surface area contributed by atoms with Crippen molar-refractivity contribution in [2.24, 2.45) is 0 Å². The minimum absolute atomic E-state index is 0.311. The predicted octanol–water partition coefficient (Wildman–Crippen LogP) is 5.41. The lowest BCUT2D eigenvalue weighted by molar-refractivity contribution is 0.0599. The number of ether oxygens (including phenoxy) is 5. The molecule has 0 N–H and O–H groups in total. The molecule has 0 fully saturated rings. The molecule has 0 aliphatic heterocycles. The summed E-state index contributed by atoms with van der Waals surface area (Å²) >= 11 is 3.54. The Balaban J connectivity index is 1.79. The first kappa shape index (κ1) is 22.5. The molecule has 3 aromatic rings. The zero-order valence-corrected chi connectivity index (χ0v) is 19.1. The Bertz CT molecular complexity index is 943. The van der Waals surface area contributed by atoms with Gasteiger partial charge in [0.2, 0.25) is 0 Å². The Morgan fingerprint density at radius 3 is 1.52 bits per heavy atom. The van der Waals surface area contributed by atoms with Crippen molar-refractivity contribution in [1.82, 2.24) is 0 Å². The van der Waals surface area contributed by atoms with E-state index in [0.29, 0.717) is 34.7 Å². The number of halogens is 1. The highest BCUT2D eigenvalue weighted by Gasteiger charge is 2.16. The summed E-state index contributed by atoms with van der Waals surface area (Å²) in [4.78, 5) is 12.1. The molecular weight excluding hydrogens is 464 g/mol. The molecule has 7 heteroatoms. The third kappa shape index (κ3) is 5.92. The zero-order chi connectivity index (χ0) is 22.2. The van der Waals surface area contributed by atoms with Crippen LogP contribution in [-0.4, -0.2) is 27.3 Å². The maximum atomic E-state index is 12.1. The molecule has 0 saturated carbocycles. The van der Waals surface area contributed by atoms with Crippen molar-refractivity contribution in [2.45, 2.75) is 13.2 Å². The van der Waals surface area contributed by atoms with E-state index in [0.717, 1.165) is 22.6 Å². The molecule has 0 bridgehead atoms. The van der Waals surface area contributed by atoms with Crippen LogP contribution >= 0.6 is 15.9 Å². The van der Waals surface area contributed by atoms with Crippen LogP contribution in [0.15, 0.2) is 65.1 Å². The third-order valence-electron chi connectivity index (χ3n) is 4.53. The summed E-state index contributed by atoms with van der Waals surface area (Å²) in [7, 11) is 4.57. The van der Waals surface area contributed by atoms with Crippen LogP contribution in [0.5, 0.6) is 23.0 Å². The second-order valence-electron chi connectivity index (χ2n) is 6.55. The number of hydrogen-bond donors (Lipinski definition) is 0. The first-order valence-corrected chi connectivity index (χ1v) is 10.3. The van der Waals surface area contributed by atoms with Crippen LogP contribution in [0.4, 0.5) is 0 Å². The van der Waals surface area contributed by atoms with E-state index < -0.39 is 5.97 Å². The molecule has 0 saturated heterocycles. The molecule has 0 spiro atoms. The van der Waals surface area contributed by atoms with Gasteiger partial charge in [-0.2, -0.15) is 0 Å². The van der Waals surface area contributed by atoms with Crippen molar-refractivity contribution < 1.29 is 28.5 Å². The third-order valence-corrected chi connectivity index (χ3v) is 5.32. The Morgan fingerprint density at radius 2 is 1.16 bits per heavy atom. The van der Waals surface area contributed by atoms with E-state index in [9.17, 15) is 4.79 Å². The van der Waals surface area contributed by atoms with Gasteiger partial charge in [0, 0.05) is 0 Å². The van der Waals surface area contributed by atoms with Gasteiger partial charge in [-0.1, -0.05) is 24.3 Å². The van der Waals surface area contributed by atoms with E-state index in [1.54, 1.807) is 26.4 Å². The van der Waals surface area contributed by atoms with Crippen molar-refractivity contribution >= 4 is 21.9 Å². The first-order valence-electron chi connectivity index (χ1n) is 9.47. The Labute approximate surface area is 189 Å². The maximum Gasteiger partial charge on any atom is 0.338 e. The molecule has 0 amide bonds. The van der Waals surface area contributed by atoms with Gasteiger partial charge in [0.15, 0.2) is 0 Å². The van der Waals surface area contributed by atoms with E-state index >= 15 is 0 Å². The Morgan fingerprint density at radius 1 is 0.742 bits per heavy atom. The average molecular weight is 487 g/mol. The number of carbonyl (C=O) groups is 1. The van der Waals surface area contributed by atoms with E-state index in [1.807, 2.05) is 48.5 Å². The average Bonchev–Trinajstić information content (AvgIpc) is 2.82. The number of hydrogen-bond acceptors (Lipinski definition) is 6. The van der Waals surface area contributed by atoms with E-state index in [1.165, 1.54) is 7.11 Å². The van der Waals surface area contributed by atoms with Gasteiger partial charge >= 0.3 is 5.97 Å². The zero-order valence-electron chi connectivity index (χ0n) is 17.5. The van der Waals surface area contributed by atoms with Crippen LogP contribution in [0.1, 0.15) is 21.5 Å². The van der Waals surface area contributed by atoms with Crippen LogP contribution in [0, 0.1) is 0 Å². The summed E-state index contributed by atoms with van der Waals surface area (Å²) in [6.07, 6.45) is 0. The fourth-order valence-electron chi connectivity index (χ4n) is 2.78. The molecule has 0 atom stereocenters. The topological polar surface area (TPSA) is 63.2 Å². The largest absolute Gasteiger partial charge is 0.497 e. The molecular formula is C24H23BrO6. The van der Waals surface area contributed by atoms with Crippen LogP contribution in [0.25, 0.3) is 0 Å². The summed E-state index contributed by atoms with van der Waals surface area (Å²) in [6.45, 7) is 0.621. The van der Waals surface area contributed by atoms with Gasteiger partial charge in [-0.15, -0.1) is 0 Å². The maximum absolute atomic E-state index is 12.1. The Hall–Kier alpha value is -3.19. The molecule has 3 aromatic carbocycles. The molecule has 0 aromatic heterocycles. The predicted molar refractivity (Wildman–Crippen MR) is 120 cm³/mol.